The quantitative estimate of drug-likeness (QED) is 0.588. The van der Waals surface area contributed by atoms with Crippen LogP contribution in [0.3, 0.4) is 0 Å². The number of nitrogens with one attached hydrogen (secondary N) is 2. The van der Waals surface area contributed by atoms with Crippen LogP contribution in [-0.2, 0) is 0 Å². The molecule has 3 heterocycles. The van der Waals surface area contributed by atoms with E-state index < -0.39 is 0 Å². The third-order valence-electron chi connectivity index (χ3n) is 6.21. The smallest absolute Gasteiger partial charge is 0.141 e. The number of anilines is 1. The highest BCUT2D eigenvalue weighted by Gasteiger charge is 2.19. The summed E-state index contributed by atoms with van der Waals surface area (Å²) in [5.41, 5.74) is 4.15. The summed E-state index contributed by atoms with van der Waals surface area (Å²) in [5.74, 6) is 1.91. The maximum absolute atomic E-state index is 5.45. The first kappa shape index (κ1) is 19.8. The number of pyridine rings is 1. The lowest BCUT2D eigenvalue weighted by atomic mass is 10.0. The van der Waals surface area contributed by atoms with Gasteiger partial charge >= 0.3 is 0 Å². The molecule has 0 bridgehead atoms. The number of hydrogen-bond acceptors (Lipinski definition) is 7. The Kier molecular flexibility index (Phi) is 5.67. The van der Waals surface area contributed by atoms with Crippen LogP contribution >= 0.6 is 11.9 Å². The SMILES string of the molecule is Cc1noc(C)c1-c1cc(SNC2CCCC2)c2ccc(N3CCNCC3)nc2c1. The minimum Gasteiger partial charge on any atom is -0.361 e. The molecule has 3 aromatic rings. The average molecular weight is 424 g/mol. The highest BCUT2D eigenvalue weighted by molar-refractivity contribution is 7.97. The molecule has 2 fully saturated rings. The number of aromatic nitrogens is 2. The first-order valence-electron chi connectivity index (χ1n) is 10.9. The molecule has 1 saturated carbocycles. The number of benzene rings is 1. The summed E-state index contributed by atoms with van der Waals surface area (Å²) < 4.78 is 9.15. The van der Waals surface area contributed by atoms with Gasteiger partial charge in [0.05, 0.1) is 11.2 Å². The van der Waals surface area contributed by atoms with Crippen LogP contribution in [0.1, 0.15) is 37.1 Å². The highest BCUT2D eigenvalue weighted by atomic mass is 32.2. The van der Waals surface area contributed by atoms with Crippen molar-refractivity contribution in [1.29, 1.82) is 0 Å². The predicted octanol–water partition coefficient (Wildman–Crippen LogP) is 4.46. The summed E-state index contributed by atoms with van der Waals surface area (Å²) in [6.07, 6.45) is 5.18. The fourth-order valence-corrected chi connectivity index (χ4v) is 5.57. The van der Waals surface area contributed by atoms with Gasteiger partial charge in [0.15, 0.2) is 0 Å². The van der Waals surface area contributed by atoms with Crippen LogP contribution in [0, 0.1) is 13.8 Å². The van der Waals surface area contributed by atoms with Crippen molar-refractivity contribution in [3.8, 4) is 11.1 Å². The van der Waals surface area contributed by atoms with Gasteiger partial charge in [-0.2, -0.15) is 0 Å². The highest BCUT2D eigenvalue weighted by Crippen LogP contribution is 2.36. The standard InChI is InChI=1S/C23H29N5OS/c1-15-23(16(2)29-26-15)17-13-20-19(21(14-17)30-27-18-5-3-4-6-18)7-8-22(25-20)28-11-9-24-10-12-28/h7-8,13-14,18,24,27H,3-6,9-12H2,1-2H3. The van der Waals surface area contributed by atoms with Crippen molar-refractivity contribution in [1.82, 2.24) is 20.2 Å². The van der Waals surface area contributed by atoms with E-state index in [2.05, 4.69) is 44.4 Å². The molecule has 1 aromatic carbocycles. The molecule has 0 spiro atoms. The number of rotatable bonds is 5. The largest absolute Gasteiger partial charge is 0.361 e. The van der Waals surface area contributed by atoms with Gasteiger partial charge in [-0.3, -0.25) is 4.72 Å². The monoisotopic (exact) mass is 423 g/mol. The van der Waals surface area contributed by atoms with E-state index in [1.165, 1.54) is 36.0 Å². The van der Waals surface area contributed by atoms with Crippen LogP contribution < -0.4 is 14.9 Å². The van der Waals surface area contributed by atoms with Crippen molar-refractivity contribution in [2.75, 3.05) is 31.1 Å². The molecule has 7 heteroatoms. The van der Waals surface area contributed by atoms with E-state index >= 15 is 0 Å². The summed E-state index contributed by atoms with van der Waals surface area (Å²) >= 11 is 1.75. The van der Waals surface area contributed by atoms with Gasteiger partial charge in [0.1, 0.15) is 11.6 Å². The number of nitrogens with zero attached hydrogens (tertiary/aromatic N) is 3. The molecule has 1 aliphatic carbocycles. The summed E-state index contributed by atoms with van der Waals surface area (Å²) in [6, 6.07) is 9.44. The molecule has 30 heavy (non-hydrogen) atoms. The molecule has 0 atom stereocenters. The topological polar surface area (TPSA) is 66.2 Å². The second-order valence-electron chi connectivity index (χ2n) is 8.35. The summed E-state index contributed by atoms with van der Waals surface area (Å²) in [5, 5.41) is 8.78. The molecule has 158 valence electrons. The first-order valence-corrected chi connectivity index (χ1v) is 11.8. The van der Waals surface area contributed by atoms with E-state index in [0.717, 1.165) is 60.1 Å². The Morgan fingerprint density at radius 2 is 1.93 bits per heavy atom. The van der Waals surface area contributed by atoms with E-state index in [1.54, 1.807) is 11.9 Å². The van der Waals surface area contributed by atoms with Crippen LogP contribution in [-0.4, -0.2) is 42.4 Å². The van der Waals surface area contributed by atoms with Gasteiger partial charge in [0.2, 0.25) is 0 Å². The molecule has 0 unspecified atom stereocenters. The minimum absolute atomic E-state index is 0.598. The van der Waals surface area contributed by atoms with Gasteiger partial charge in [-0.15, -0.1) is 0 Å². The van der Waals surface area contributed by atoms with Crippen LogP contribution in [0.15, 0.2) is 33.7 Å². The van der Waals surface area contributed by atoms with Crippen molar-refractivity contribution in [3.63, 3.8) is 0 Å². The van der Waals surface area contributed by atoms with Crippen molar-refractivity contribution >= 4 is 28.7 Å². The van der Waals surface area contributed by atoms with Gasteiger partial charge in [0.25, 0.3) is 0 Å². The molecule has 1 aliphatic heterocycles. The second-order valence-corrected chi connectivity index (χ2v) is 9.23. The lowest BCUT2D eigenvalue weighted by Gasteiger charge is -2.28. The van der Waals surface area contributed by atoms with Crippen molar-refractivity contribution < 1.29 is 4.52 Å². The zero-order valence-electron chi connectivity index (χ0n) is 17.7. The van der Waals surface area contributed by atoms with Crippen LogP contribution in [0.25, 0.3) is 22.0 Å². The van der Waals surface area contributed by atoms with Gasteiger partial charge in [-0.25, -0.2) is 4.98 Å². The third kappa shape index (κ3) is 3.94. The van der Waals surface area contributed by atoms with E-state index in [1.807, 2.05) is 13.8 Å². The van der Waals surface area contributed by atoms with Gasteiger partial charge in [-0.1, -0.05) is 18.0 Å². The molecule has 2 aliphatic rings. The van der Waals surface area contributed by atoms with Crippen molar-refractivity contribution in [2.24, 2.45) is 0 Å². The lowest BCUT2D eigenvalue weighted by Crippen LogP contribution is -2.43. The number of aryl methyl sites for hydroxylation is 2. The van der Waals surface area contributed by atoms with E-state index in [-0.39, 0.29) is 0 Å². The van der Waals surface area contributed by atoms with Gasteiger partial charge in [0, 0.05) is 48.1 Å². The second kappa shape index (κ2) is 8.57. The fraction of sp³-hybridized carbons (Fsp3) is 0.478. The van der Waals surface area contributed by atoms with Gasteiger partial charge in [-0.05, 0) is 68.5 Å². The normalized spacial score (nSPS) is 17.9. The average Bonchev–Trinajstić information content (AvgIpc) is 3.41. The summed E-state index contributed by atoms with van der Waals surface area (Å²) in [4.78, 5) is 8.65. The Labute approximate surface area is 181 Å². The van der Waals surface area contributed by atoms with Gasteiger partial charge < -0.3 is 14.7 Å². The maximum Gasteiger partial charge on any atom is 0.141 e. The summed E-state index contributed by atoms with van der Waals surface area (Å²) in [6.45, 7) is 7.98. The fourth-order valence-electron chi connectivity index (χ4n) is 4.57. The molecular weight excluding hydrogens is 394 g/mol. The predicted molar refractivity (Wildman–Crippen MR) is 123 cm³/mol. The van der Waals surface area contributed by atoms with Crippen LogP contribution in [0.4, 0.5) is 5.82 Å². The zero-order chi connectivity index (χ0) is 20.5. The molecule has 1 saturated heterocycles. The Hall–Kier alpha value is -2.09. The first-order chi connectivity index (χ1) is 14.7. The van der Waals surface area contributed by atoms with Crippen LogP contribution in [0.2, 0.25) is 0 Å². The number of piperazine rings is 1. The molecule has 0 amide bonds. The third-order valence-corrected chi connectivity index (χ3v) is 7.22. The number of hydrogen-bond donors (Lipinski definition) is 2. The van der Waals surface area contributed by atoms with E-state index in [0.29, 0.717) is 6.04 Å². The molecule has 2 aromatic heterocycles. The molecule has 6 nitrogen and oxygen atoms in total. The minimum atomic E-state index is 0.598. The zero-order valence-corrected chi connectivity index (χ0v) is 18.5. The van der Waals surface area contributed by atoms with E-state index in [9.17, 15) is 0 Å². The van der Waals surface area contributed by atoms with Crippen molar-refractivity contribution in [2.45, 2.75) is 50.5 Å². The van der Waals surface area contributed by atoms with Crippen LogP contribution in [0.5, 0.6) is 0 Å². The molecular formula is C23H29N5OS. The Bertz CT molecular complexity index is 1020. The Morgan fingerprint density at radius 1 is 1.13 bits per heavy atom. The summed E-state index contributed by atoms with van der Waals surface area (Å²) in [7, 11) is 0. The van der Waals surface area contributed by atoms with Crippen molar-refractivity contribution in [3.05, 3.63) is 35.7 Å². The number of fused-ring (bicyclic) bond motifs is 1. The Morgan fingerprint density at radius 3 is 2.67 bits per heavy atom. The molecule has 2 N–H and O–H groups in total. The molecule has 0 radical (unpaired) electrons. The maximum atomic E-state index is 5.45. The lowest BCUT2D eigenvalue weighted by molar-refractivity contribution is 0.393. The van der Waals surface area contributed by atoms with E-state index in [4.69, 9.17) is 9.51 Å². The molecule has 5 rings (SSSR count). The Balaban J connectivity index is 1.56.